The average Bonchev–Trinajstić information content (AvgIpc) is 3.36. The number of anilines is 1. The van der Waals surface area contributed by atoms with Crippen LogP contribution in [-0.2, 0) is 27.9 Å². The lowest BCUT2D eigenvalue weighted by Gasteiger charge is -2.32. The molecule has 250 valence electrons. The molecule has 2 aromatic heterocycles. The number of ether oxygens (including phenoxy) is 2. The molecule has 1 aliphatic heterocycles. The molecule has 3 heterocycles. The first-order valence-corrected chi connectivity index (χ1v) is 13.4. The zero-order chi connectivity index (χ0) is 33.9. The van der Waals surface area contributed by atoms with E-state index < -0.39 is 24.3 Å². The van der Waals surface area contributed by atoms with Crippen LogP contribution in [0.4, 0.5) is 32.2 Å². The van der Waals surface area contributed by atoms with Crippen molar-refractivity contribution >= 4 is 28.8 Å². The highest BCUT2D eigenvalue weighted by molar-refractivity contribution is 5.87. The van der Waals surface area contributed by atoms with E-state index in [0.717, 1.165) is 61.6 Å². The molecule has 3 aromatic rings. The number of likely N-dealkylation sites (tertiary alicyclic amines) is 1. The molecule has 17 heteroatoms. The number of alkyl halides is 6. The number of carboxylic acid groups (broad SMARTS) is 2. The quantitative estimate of drug-likeness (QED) is 0.331. The molecule has 0 bridgehead atoms. The number of hydrogen-bond acceptors (Lipinski definition) is 8. The van der Waals surface area contributed by atoms with Crippen molar-refractivity contribution in [3.05, 3.63) is 47.9 Å². The number of aromatic nitrogens is 3. The number of carboxylic acids is 2. The Labute approximate surface area is 255 Å². The van der Waals surface area contributed by atoms with E-state index >= 15 is 0 Å². The SMILES string of the molecule is COCCN(C)c1nc(C2CCN(Cc3ccc(OC)cc3)CC2)cc2c1ncn2C.O=C(O)C(F)(F)F.O=C(O)C(F)(F)F. The molecule has 1 saturated heterocycles. The molecule has 0 amide bonds. The fraction of sp³-hybridized carbons (Fsp3) is 0.500. The van der Waals surface area contributed by atoms with E-state index in [4.69, 9.17) is 34.3 Å². The molecule has 0 atom stereocenters. The number of pyridine rings is 1. The van der Waals surface area contributed by atoms with Gasteiger partial charge in [0, 0.05) is 45.9 Å². The first-order chi connectivity index (χ1) is 21.0. The van der Waals surface area contributed by atoms with Crippen molar-refractivity contribution in [3.63, 3.8) is 0 Å². The van der Waals surface area contributed by atoms with Gasteiger partial charge in [0.05, 0.1) is 25.6 Å². The van der Waals surface area contributed by atoms with Crippen LogP contribution in [0.2, 0.25) is 0 Å². The van der Waals surface area contributed by atoms with Crippen LogP contribution in [0, 0.1) is 0 Å². The molecule has 0 saturated carbocycles. The molecule has 0 aliphatic carbocycles. The zero-order valence-corrected chi connectivity index (χ0v) is 25.0. The van der Waals surface area contributed by atoms with Gasteiger partial charge in [0.2, 0.25) is 0 Å². The molecule has 1 aliphatic rings. The Morgan fingerprint density at radius 2 is 1.53 bits per heavy atom. The standard InChI is InChI=1S/C24H33N5O2.2C2HF3O2/c1-27(13-14-30-3)24-23-22(28(2)17-25-23)15-21(26-24)19-9-11-29(12-10-19)16-18-5-7-20(31-4)8-6-18;2*3-2(4,5)1(6)7/h5-8,15,17,19H,9-14,16H2,1-4H3;2*(H,6,7). The molecule has 0 radical (unpaired) electrons. The average molecular weight is 652 g/mol. The summed E-state index contributed by atoms with van der Waals surface area (Å²) in [5.41, 5.74) is 4.61. The number of halogens is 6. The third-order valence-corrected chi connectivity index (χ3v) is 6.76. The van der Waals surface area contributed by atoms with E-state index in [1.54, 1.807) is 14.2 Å². The Kier molecular flexibility index (Phi) is 13.4. The van der Waals surface area contributed by atoms with E-state index in [1.165, 1.54) is 11.3 Å². The van der Waals surface area contributed by atoms with Crippen LogP contribution < -0.4 is 9.64 Å². The molecular weight excluding hydrogens is 616 g/mol. The number of nitrogens with zero attached hydrogens (tertiary/aromatic N) is 5. The van der Waals surface area contributed by atoms with Crippen molar-refractivity contribution in [2.75, 3.05) is 52.4 Å². The number of methoxy groups -OCH3 is 2. The summed E-state index contributed by atoms with van der Waals surface area (Å²) in [6.07, 6.45) is -6.05. The second-order valence-corrected chi connectivity index (χ2v) is 10.0. The fourth-order valence-corrected chi connectivity index (χ4v) is 4.32. The van der Waals surface area contributed by atoms with Gasteiger partial charge >= 0.3 is 24.3 Å². The van der Waals surface area contributed by atoms with Gasteiger partial charge in [0.1, 0.15) is 11.3 Å². The van der Waals surface area contributed by atoms with Crippen molar-refractivity contribution in [3.8, 4) is 5.75 Å². The molecule has 0 spiro atoms. The topological polar surface area (TPSA) is 130 Å². The van der Waals surface area contributed by atoms with Gasteiger partial charge in [-0.25, -0.2) is 19.6 Å². The van der Waals surface area contributed by atoms with Crippen LogP contribution in [-0.4, -0.2) is 101 Å². The lowest BCUT2D eigenvalue weighted by Crippen LogP contribution is -2.33. The normalized spacial score (nSPS) is 14.2. The van der Waals surface area contributed by atoms with Gasteiger partial charge in [-0.05, 0) is 49.7 Å². The molecule has 1 aromatic carbocycles. The third-order valence-electron chi connectivity index (χ3n) is 6.76. The monoisotopic (exact) mass is 651 g/mol. The van der Waals surface area contributed by atoms with Gasteiger partial charge in [0.25, 0.3) is 0 Å². The van der Waals surface area contributed by atoms with E-state index in [9.17, 15) is 26.3 Å². The fourth-order valence-electron chi connectivity index (χ4n) is 4.32. The van der Waals surface area contributed by atoms with Gasteiger partial charge in [-0.3, -0.25) is 4.90 Å². The lowest BCUT2D eigenvalue weighted by atomic mass is 9.92. The Morgan fingerprint density at radius 1 is 1.00 bits per heavy atom. The second kappa shape index (κ2) is 16.3. The summed E-state index contributed by atoms with van der Waals surface area (Å²) in [6.45, 7) is 4.60. The van der Waals surface area contributed by atoms with Crippen molar-refractivity contribution in [2.24, 2.45) is 7.05 Å². The van der Waals surface area contributed by atoms with Crippen LogP contribution in [0.5, 0.6) is 5.75 Å². The van der Waals surface area contributed by atoms with Gasteiger partial charge in [-0.2, -0.15) is 26.3 Å². The minimum atomic E-state index is -5.08. The second-order valence-electron chi connectivity index (χ2n) is 10.0. The summed E-state index contributed by atoms with van der Waals surface area (Å²) < 4.78 is 76.1. The minimum Gasteiger partial charge on any atom is -0.497 e. The molecule has 0 unspecified atom stereocenters. The summed E-state index contributed by atoms with van der Waals surface area (Å²) >= 11 is 0. The smallest absolute Gasteiger partial charge is 0.490 e. The lowest BCUT2D eigenvalue weighted by molar-refractivity contribution is -0.193. The molecule has 11 nitrogen and oxygen atoms in total. The van der Waals surface area contributed by atoms with Gasteiger partial charge in [-0.15, -0.1) is 0 Å². The van der Waals surface area contributed by atoms with Gasteiger partial charge in [0.15, 0.2) is 5.82 Å². The summed E-state index contributed by atoms with van der Waals surface area (Å²) in [7, 11) is 7.55. The third kappa shape index (κ3) is 11.4. The maximum Gasteiger partial charge on any atom is 0.490 e. The number of hydrogen-bond donors (Lipinski definition) is 2. The van der Waals surface area contributed by atoms with Crippen molar-refractivity contribution in [1.29, 1.82) is 0 Å². The predicted octanol–water partition coefficient (Wildman–Crippen LogP) is 4.71. The highest BCUT2D eigenvalue weighted by Gasteiger charge is 2.38. The summed E-state index contributed by atoms with van der Waals surface area (Å²) in [5, 5.41) is 14.2. The summed E-state index contributed by atoms with van der Waals surface area (Å²) in [6, 6.07) is 10.6. The van der Waals surface area contributed by atoms with Gasteiger partial charge in [-0.1, -0.05) is 12.1 Å². The number of benzene rings is 1. The maximum atomic E-state index is 10.6. The molecular formula is C28H35F6N5O6. The van der Waals surface area contributed by atoms with E-state index in [0.29, 0.717) is 12.5 Å². The van der Waals surface area contributed by atoms with Crippen LogP contribution in [0.1, 0.15) is 30.0 Å². The first-order valence-electron chi connectivity index (χ1n) is 13.4. The Morgan fingerprint density at radius 3 is 2.00 bits per heavy atom. The van der Waals surface area contributed by atoms with Crippen molar-refractivity contribution < 1.29 is 55.6 Å². The highest BCUT2D eigenvalue weighted by atomic mass is 19.4. The van der Waals surface area contributed by atoms with Crippen LogP contribution in [0.25, 0.3) is 11.0 Å². The van der Waals surface area contributed by atoms with Crippen LogP contribution in [0.3, 0.4) is 0 Å². The van der Waals surface area contributed by atoms with E-state index in [2.05, 4.69) is 51.6 Å². The minimum absolute atomic E-state index is 0.473. The maximum absolute atomic E-state index is 10.6. The molecule has 1 fully saturated rings. The number of imidazole rings is 1. The first kappa shape index (κ1) is 37.1. The summed E-state index contributed by atoms with van der Waals surface area (Å²) in [4.78, 5) is 32.2. The predicted molar refractivity (Wildman–Crippen MR) is 151 cm³/mol. The molecule has 4 rings (SSSR count). The van der Waals surface area contributed by atoms with Crippen LogP contribution in [0.15, 0.2) is 36.7 Å². The number of carbonyl (C=O) groups is 2. The van der Waals surface area contributed by atoms with E-state index in [1.807, 2.05) is 18.5 Å². The largest absolute Gasteiger partial charge is 0.497 e. The summed E-state index contributed by atoms with van der Waals surface area (Å²) in [5.74, 6) is -3.18. The number of aliphatic carboxylic acids is 2. The number of aryl methyl sites for hydroxylation is 1. The molecule has 45 heavy (non-hydrogen) atoms. The number of likely N-dealkylation sites (N-methyl/N-ethyl adjacent to an activating group) is 1. The zero-order valence-electron chi connectivity index (χ0n) is 25.0. The Hall–Kier alpha value is -4.12. The van der Waals surface area contributed by atoms with Gasteiger partial charge < -0.3 is 29.2 Å². The Balaban J connectivity index is 0.000000421. The Bertz CT molecular complexity index is 1370. The van der Waals surface area contributed by atoms with Crippen LogP contribution >= 0.6 is 0 Å². The van der Waals surface area contributed by atoms with Crippen molar-refractivity contribution in [1.82, 2.24) is 19.4 Å². The number of rotatable bonds is 8. The molecule has 2 N–H and O–H groups in total. The number of fused-ring (bicyclic) bond motifs is 1. The number of piperidine rings is 1. The highest BCUT2D eigenvalue weighted by Crippen LogP contribution is 2.32. The van der Waals surface area contributed by atoms with E-state index in [-0.39, 0.29) is 0 Å². The van der Waals surface area contributed by atoms with Crippen molar-refractivity contribution in [2.45, 2.75) is 37.7 Å².